The first-order chi connectivity index (χ1) is 37.2. The van der Waals surface area contributed by atoms with Gasteiger partial charge in [0.05, 0.1) is 26.2 Å². The Balaban J connectivity index is 4.77. The highest BCUT2D eigenvalue weighted by Crippen LogP contribution is 2.43. The van der Waals surface area contributed by atoms with Gasteiger partial charge in [-0.2, -0.15) is 0 Å². The third kappa shape index (κ3) is 55.7. The summed E-state index contributed by atoms with van der Waals surface area (Å²) in [6.45, 7) is 4.45. The minimum absolute atomic E-state index is 0.0555. The second-order valence-electron chi connectivity index (χ2n) is 20.5. The maximum atomic E-state index is 12.9. The van der Waals surface area contributed by atoms with Crippen molar-refractivity contribution in [3.63, 3.8) is 0 Å². The predicted octanol–water partition coefficient (Wildman–Crippen LogP) is 18.5. The maximum absolute atomic E-state index is 12.9. The van der Waals surface area contributed by atoms with E-state index in [1.165, 1.54) is 141 Å². The zero-order chi connectivity index (χ0) is 55.5. The second-order valence-corrected chi connectivity index (χ2v) is 22.0. The number of rotatable bonds is 57. The summed E-state index contributed by atoms with van der Waals surface area (Å²) in [5, 5.41) is 9.81. The molecule has 440 valence electrons. The molecule has 0 aliphatic heterocycles. The molecule has 12 heteroatoms. The molecule has 0 aromatic rings. The van der Waals surface area contributed by atoms with Gasteiger partial charge in [-0.1, -0.05) is 261 Å². The van der Waals surface area contributed by atoms with Gasteiger partial charge in [0.2, 0.25) is 0 Å². The molecule has 2 N–H and O–H groups in total. The quantitative estimate of drug-likeness (QED) is 0.0197. The third-order valence-electron chi connectivity index (χ3n) is 13.1. The van der Waals surface area contributed by atoms with Gasteiger partial charge in [0.15, 0.2) is 6.10 Å². The van der Waals surface area contributed by atoms with E-state index < -0.39 is 57.8 Å². The van der Waals surface area contributed by atoms with Crippen LogP contribution >= 0.6 is 7.82 Å². The summed E-state index contributed by atoms with van der Waals surface area (Å²) in [6.07, 6.45) is 66.0. The standard InChI is InChI=1S/C64H113O11P/c1-4-7-10-13-16-19-22-25-28-30-33-35-38-41-44-47-50-53-62(66)71-57-61(75-64(68)55-52-49-46-43-40-37-34-31-29-26-23-20-17-14-11-8-5-2)59-73-76(69,70)72-58-60(56-65)74-63(67)54-51-48-45-42-39-36-32-27-24-21-18-15-12-9-6-3/h9,12,18,21,26-27,29,32,39,42,48,51,60-61,65H,4-8,10-11,13-17,19-20,22-25,28,30-31,33-38,40-41,43-47,49-50,52-59H2,1-3H3,(H,69,70)/b12-9-,21-18-,29-26-,32-27-,42-39-,51-48-. The van der Waals surface area contributed by atoms with Crippen LogP contribution in [0.4, 0.5) is 0 Å². The van der Waals surface area contributed by atoms with E-state index in [9.17, 15) is 28.9 Å². The minimum atomic E-state index is -4.78. The first-order valence-corrected chi connectivity index (χ1v) is 32.3. The summed E-state index contributed by atoms with van der Waals surface area (Å²) >= 11 is 0. The van der Waals surface area contributed by atoms with Crippen molar-refractivity contribution in [2.75, 3.05) is 26.4 Å². The number of ether oxygens (including phenoxy) is 3. The van der Waals surface area contributed by atoms with Gasteiger partial charge in [-0.3, -0.25) is 23.4 Å². The van der Waals surface area contributed by atoms with Crippen molar-refractivity contribution < 1.29 is 52.2 Å². The molecule has 0 spiro atoms. The number of carbonyl (C=O) groups is 3. The molecule has 0 bridgehead atoms. The van der Waals surface area contributed by atoms with Crippen molar-refractivity contribution in [3.8, 4) is 0 Å². The lowest BCUT2D eigenvalue weighted by Crippen LogP contribution is -2.30. The SMILES string of the molecule is CC/C=C\C/C=C\C/C=C\C/C=C\C/C=C\CC(=O)OC(CO)COP(=O)(O)OCC(COC(=O)CCCCCCCCCCCCCCCCCCC)OC(=O)CCCCCCCCC/C=C\CCCCCCCC. The number of hydrogen-bond acceptors (Lipinski definition) is 10. The zero-order valence-electron chi connectivity index (χ0n) is 48.7. The molecule has 0 saturated carbocycles. The van der Waals surface area contributed by atoms with Gasteiger partial charge >= 0.3 is 25.7 Å². The molecule has 0 aromatic carbocycles. The lowest BCUT2D eigenvalue weighted by Gasteiger charge is -2.21. The van der Waals surface area contributed by atoms with Crippen molar-refractivity contribution in [1.82, 2.24) is 0 Å². The lowest BCUT2D eigenvalue weighted by atomic mass is 10.0. The number of phosphoric acid groups is 1. The number of allylic oxidation sites excluding steroid dienone is 11. The summed E-state index contributed by atoms with van der Waals surface area (Å²) in [7, 11) is -4.78. The second kappa shape index (κ2) is 58.1. The van der Waals surface area contributed by atoms with Crippen molar-refractivity contribution in [1.29, 1.82) is 0 Å². The average molecular weight is 1090 g/mol. The van der Waals surface area contributed by atoms with E-state index in [0.717, 1.165) is 77.0 Å². The monoisotopic (exact) mass is 1090 g/mol. The molecule has 3 atom stereocenters. The van der Waals surface area contributed by atoms with Crippen molar-refractivity contribution in [2.45, 2.75) is 290 Å². The van der Waals surface area contributed by atoms with E-state index in [1.54, 1.807) is 6.08 Å². The van der Waals surface area contributed by atoms with Gasteiger partial charge < -0.3 is 24.2 Å². The highest BCUT2D eigenvalue weighted by molar-refractivity contribution is 7.47. The van der Waals surface area contributed by atoms with Crippen LogP contribution in [0, 0.1) is 0 Å². The Morgan fingerprint density at radius 2 is 0.737 bits per heavy atom. The largest absolute Gasteiger partial charge is 0.472 e. The first kappa shape index (κ1) is 72.9. The topological polar surface area (TPSA) is 155 Å². The average Bonchev–Trinajstić information content (AvgIpc) is 3.41. The molecule has 0 rings (SSSR count). The van der Waals surface area contributed by atoms with Gasteiger partial charge in [0, 0.05) is 12.8 Å². The van der Waals surface area contributed by atoms with E-state index in [4.69, 9.17) is 23.3 Å². The number of phosphoric ester groups is 1. The molecule has 0 aliphatic carbocycles. The van der Waals surface area contributed by atoms with Gasteiger partial charge in [0.1, 0.15) is 12.7 Å². The van der Waals surface area contributed by atoms with E-state index >= 15 is 0 Å². The van der Waals surface area contributed by atoms with Gasteiger partial charge in [-0.15, -0.1) is 0 Å². The number of carbonyl (C=O) groups excluding carboxylic acids is 3. The van der Waals surface area contributed by atoms with Gasteiger partial charge in [0.25, 0.3) is 0 Å². The number of unbranched alkanes of at least 4 members (excludes halogenated alkanes) is 29. The van der Waals surface area contributed by atoms with Gasteiger partial charge in [-0.05, 0) is 70.6 Å². The minimum Gasteiger partial charge on any atom is -0.462 e. The molecule has 0 aromatic heterocycles. The normalized spacial score (nSPS) is 13.8. The molecule has 0 radical (unpaired) electrons. The molecular formula is C64H113O11P. The van der Waals surface area contributed by atoms with Crippen LogP contribution < -0.4 is 0 Å². The molecular weight excluding hydrogens is 976 g/mol. The van der Waals surface area contributed by atoms with Crippen molar-refractivity contribution in [3.05, 3.63) is 72.9 Å². The number of aliphatic hydroxyl groups is 1. The van der Waals surface area contributed by atoms with Crippen LogP contribution in [0.5, 0.6) is 0 Å². The smallest absolute Gasteiger partial charge is 0.462 e. The number of esters is 3. The molecule has 76 heavy (non-hydrogen) atoms. The fourth-order valence-corrected chi connectivity index (χ4v) is 9.27. The fraction of sp³-hybridized carbons (Fsp3) is 0.766. The highest BCUT2D eigenvalue weighted by atomic mass is 31.2. The van der Waals surface area contributed by atoms with Crippen LogP contribution in [-0.2, 0) is 42.2 Å². The number of hydrogen-bond donors (Lipinski definition) is 2. The van der Waals surface area contributed by atoms with Crippen LogP contribution in [0.15, 0.2) is 72.9 Å². The fourth-order valence-electron chi connectivity index (χ4n) is 8.49. The van der Waals surface area contributed by atoms with E-state index in [2.05, 4.69) is 69.4 Å². The first-order valence-electron chi connectivity index (χ1n) is 30.8. The highest BCUT2D eigenvalue weighted by Gasteiger charge is 2.28. The predicted molar refractivity (Wildman–Crippen MR) is 316 cm³/mol. The van der Waals surface area contributed by atoms with Crippen molar-refractivity contribution >= 4 is 25.7 Å². The summed E-state index contributed by atoms with van der Waals surface area (Å²) < 4.78 is 39.5. The van der Waals surface area contributed by atoms with Crippen LogP contribution in [0.25, 0.3) is 0 Å². The molecule has 0 amide bonds. The summed E-state index contributed by atoms with van der Waals surface area (Å²) in [5.74, 6) is -1.59. The molecule has 0 fully saturated rings. The summed E-state index contributed by atoms with van der Waals surface area (Å²) in [5.41, 5.74) is 0. The van der Waals surface area contributed by atoms with Crippen LogP contribution in [0.1, 0.15) is 278 Å². The maximum Gasteiger partial charge on any atom is 0.472 e. The Morgan fingerprint density at radius 1 is 0.395 bits per heavy atom. The zero-order valence-corrected chi connectivity index (χ0v) is 49.6. The summed E-state index contributed by atoms with van der Waals surface area (Å²) in [6, 6.07) is 0. The van der Waals surface area contributed by atoms with Gasteiger partial charge in [-0.25, -0.2) is 4.57 Å². The number of aliphatic hydroxyl groups excluding tert-OH is 1. The van der Waals surface area contributed by atoms with E-state index in [1.807, 2.05) is 18.2 Å². The molecule has 11 nitrogen and oxygen atoms in total. The third-order valence-corrected chi connectivity index (χ3v) is 14.1. The Labute approximate surface area is 465 Å². The van der Waals surface area contributed by atoms with Crippen LogP contribution in [0.3, 0.4) is 0 Å². The van der Waals surface area contributed by atoms with E-state index in [0.29, 0.717) is 19.3 Å². The molecule has 3 unspecified atom stereocenters. The summed E-state index contributed by atoms with van der Waals surface area (Å²) in [4.78, 5) is 48.6. The Morgan fingerprint density at radius 3 is 1.14 bits per heavy atom. The Hall–Kier alpha value is -3.08. The van der Waals surface area contributed by atoms with Crippen molar-refractivity contribution in [2.24, 2.45) is 0 Å². The molecule has 0 aliphatic rings. The molecule has 0 saturated heterocycles. The van der Waals surface area contributed by atoms with Crippen LogP contribution in [-0.4, -0.2) is 66.5 Å². The van der Waals surface area contributed by atoms with Crippen LogP contribution in [0.2, 0.25) is 0 Å². The Bertz CT molecular complexity index is 1550. The Kier molecular flexibility index (Phi) is 55.7. The van der Waals surface area contributed by atoms with E-state index in [-0.39, 0.29) is 25.9 Å². The lowest BCUT2D eigenvalue weighted by molar-refractivity contribution is -0.161. The molecule has 0 heterocycles.